The molecule has 0 aliphatic carbocycles. The van der Waals surface area contributed by atoms with Crippen LogP contribution in [0.3, 0.4) is 0 Å². The highest BCUT2D eigenvalue weighted by Crippen LogP contribution is 2.39. The Kier molecular flexibility index (Phi) is 4.99. The molecule has 5 rings (SSSR count). The highest BCUT2D eigenvalue weighted by Gasteiger charge is 2.36. The molecule has 1 saturated heterocycles. The van der Waals surface area contributed by atoms with Crippen molar-refractivity contribution >= 4 is 5.88 Å². The van der Waals surface area contributed by atoms with Crippen LogP contribution >= 0.6 is 0 Å². The number of nitrogens with zero attached hydrogens (tertiary/aromatic N) is 4. The lowest BCUT2D eigenvalue weighted by Crippen LogP contribution is -2.47. The second-order valence-electron chi connectivity index (χ2n) is 8.26. The first-order chi connectivity index (χ1) is 15.2. The van der Waals surface area contributed by atoms with Crippen LogP contribution in [0.1, 0.15) is 37.1 Å². The second kappa shape index (κ2) is 7.95. The molecule has 0 amide bonds. The number of pyridine rings is 1. The van der Waals surface area contributed by atoms with Gasteiger partial charge in [-0.25, -0.2) is 0 Å². The summed E-state index contributed by atoms with van der Waals surface area (Å²) < 4.78 is 13.6. The normalized spacial score (nSPS) is 19.5. The van der Waals surface area contributed by atoms with E-state index in [1.54, 1.807) is 6.07 Å². The lowest BCUT2D eigenvalue weighted by Gasteiger charge is -2.42. The number of piperidine rings is 1. The van der Waals surface area contributed by atoms with Crippen LogP contribution in [-0.4, -0.2) is 29.2 Å². The molecule has 158 valence electrons. The maximum atomic E-state index is 12.3. The molecule has 0 saturated carbocycles. The summed E-state index contributed by atoms with van der Waals surface area (Å²) in [5, 5.41) is 9.68. The molecule has 1 aromatic carbocycles. The minimum Gasteiger partial charge on any atom is -0.494 e. The first kappa shape index (κ1) is 19.4. The SMILES string of the molecule is CCCOc1ccc(-c2nc(C#N)c(N3C[C@H]4C[C@@H](C3)c3cccc(=O)n3C4)o2)cc1. The van der Waals surface area contributed by atoms with Gasteiger partial charge in [0.25, 0.3) is 5.56 Å². The van der Waals surface area contributed by atoms with E-state index < -0.39 is 0 Å². The fourth-order valence-corrected chi connectivity index (χ4v) is 4.70. The molecule has 31 heavy (non-hydrogen) atoms. The first-order valence-corrected chi connectivity index (χ1v) is 10.7. The quantitative estimate of drug-likeness (QED) is 0.629. The summed E-state index contributed by atoms with van der Waals surface area (Å²) in [5.41, 5.74) is 2.23. The molecule has 7 heteroatoms. The number of hydrogen-bond donors (Lipinski definition) is 0. The Hall–Kier alpha value is -3.53. The van der Waals surface area contributed by atoms with Crippen LogP contribution in [0.5, 0.6) is 5.75 Å². The smallest absolute Gasteiger partial charge is 0.250 e. The Balaban J connectivity index is 1.42. The van der Waals surface area contributed by atoms with Gasteiger partial charge >= 0.3 is 0 Å². The molecule has 0 spiro atoms. The maximum Gasteiger partial charge on any atom is 0.250 e. The highest BCUT2D eigenvalue weighted by atomic mass is 16.5. The van der Waals surface area contributed by atoms with Gasteiger partial charge in [-0.3, -0.25) is 4.79 Å². The minimum atomic E-state index is 0.0617. The fraction of sp³-hybridized carbons (Fsp3) is 0.375. The Bertz CT molecular complexity index is 1190. The average molecular weight is 416 g/mol. The number of benzene rings is 1. The van der Waals surface area contributed by atoms with Gasteiger partial charge in [-0.05, 0) is 49.1 Å². The summed E-state index contributed by atoms with van der Waals surface area (Å²) in [6.07, 6.45) is 2.00. The zero-order valence-electron chi connectivity index (χ0n) is 17.5. The van der Waals surface area contributed by atoms with Crippen molar-refractivity contribution in [1.29, 1.82) is 5.26 Å². The Morgan fingerprint density at radius 1 is 1.19 bits per heavy atom. The summed E-state index contributed by atoms with van der Waals surface area (Å²) in [4.78, 5) is 18.8. The summed E-state index contributed by atoms with van der Waals surface area (Å²) in [7, 11) is 0. The third-order valence-electron chi connectivity index (χ3n) is 6.06. The van der Waals surface area contributed by atoms with Crippen LogP contribution in [-0.2, 0) is 6.54 Å². The molecule has 2 bridgehead atoms. The number of anilines is 1. The third kappa shape index (κ3) is 3.59. The number of nitriles is 1. The Morgan fingerprint density at radius 3 is 2.81 bits per heavy atom. The standard InChI is InChI=1S/C24H24N4O3/c1-2-10-30-19-8-6-17(7-9-19)23-26-20(12-25)24(31-23)27-13-16-11-18(15-27)21-4-3-5-22(29)28(21)14-16/h3-9,16,18H,2,10-11,13-15H2,1H3/t16-,18+/m1/s1. The van der Waals surface area contributed by atoms with E-state index in [1.807, 2.05) is 41.0 Å². The van der Waals surface area contributed by atoms with Crippen LogP contribution in [0.15, 0.2) is 51.7 Å². The summed E-state index contributed by atoms with van der Waals surface area (Å²) >= 11 is 0. The zero-order valence-corrected chi connectivity index (χ0v) is 17.5. The Morgan fingerprint density at radius 2 is 2.03 bits per heavy atom. The van der Waals surface area contributed by atoms with E-state index in [-0.39, 0.29) is 11.5 Å². The molecule has 0 radical (unpaired) electrons. The number of oxazole rings is 1. The molecule has 3 aromatic rings. The van der Waals surface area contributed by atoms with E-state index in [0.29, 0.717) is 43.1 Å². The van der Waals surface area contributed by atoms with Crippen LogP contribution in [0, 0.1) is 17.2 Å². The lowest BCUT2D eigenvalue weighted by molar-refractivity contribution is 0.275. The van der Waals surface area contributed by atoms with E-state index >= 15 is 0 Å². The minimum absolute atomic E-state index is 0.0617. The summed E-state index contributed by atoms with van der Waals surface area (Å²) in [5.74, 6) is 2.32. The predicted molar refractivity (Wildman–Crippen MR) is 116 cm³/mol. The van der Waals surface area contributed by atoms with E-state index in [9.17, 15) is 10.1 Å². The molecule has 2 aliphatic heterocycles. The second-order valence-corrected chi connectivity index (χ2v) is 8.26. The lowest BCUT2D eigenvalue weighted by atomic mass is 9.83. The van der Waals surface area contributed by atoms with E-state index in [0.717, 1.165) is 36.4 Å². The molecule has 0 N–H and O–H groups in total. The van der Waals surface area contributed by atoms with Gasteiger partial charge in [-0.1, -0.05) is 13.0 Å². The van der Waals surface area contributed by atoms with Gasteiger partial charge in [0.2, 0.25) is 17.5 Å². The van der Waals surface area contributed by atoms with Crippen LogP contribution < -0.4 is 15.2 Å². The number of aromatic nitrogens is 2. The first-order valence-electron chi connectivity index (χ1n) is 10.7. The van der Waals surface area contributed by atoms with E-state index in [1.165, 1.54) is 0 Å². The topological polar surface area (TPSA) is 84.3 Å². The van der Waals surface area contributed by atoms with E-state index in [4.69, 9.17) is 9.15 Å². The number of fused-ring (bicyclic) bond motifs is 4. The van der Waals surface area contributed by atoms with Crippen molar-refractivity contribution in [3.05, 3.63) is 64.2 Å². The van der Waals surface area contributed by atoms with Gasteiger partial charge in [-0.2, -0.15) is 10.2 Å². The monoisotopic (exact) mass is 416 g/mol. The van der Waals surface area contributed by atoms with Crippen molar-refractivity contribution in [2.75, 3.05) is 24.6 Å². The fourth-order valence-electron chi connectivity index (χ4n) is 4.70. The summed E-state index contributed by atoms with van der Waals surface area (Å²) in [6, 6.07) is 15.2. The van der Waals surface area contributed by atoms with Crippen LogP contribution in [0.2, 0.25) is 0 Å². The Labute approximate surface area is 180 Å². The van der Waals surface area contributed by atoms with Crippen molar-refractivity contribution in [1.82, 2.24) is 9.55 Å². The number of hydrogen-bond acceptors (Lipinski definition) is 6. The molecular weight excluding hydrogens is 392 g/mol. The van der Waals surface area contributed by atoms with Crippen molar-refractivity contribution in [3.8, 4) is 23.3 Å². The maximum absolute atomic E-state index is 12.3. The summed E-state index contributed by atoms with van der Waals surface area (Å²) in [6.45, 7) is 4.88. The third-order valence-corrected chi connectivity index (χ3v) is 6.06. The van der Waals surface area contributed by atoms with Gasteiger partial charge < -0.3 is 18.6 Å². The molecule has 1 fully saturated rings. The van der Waals surface area contributed by atoms with Gasteiger partial charge in [0.1, 0.15) is 11.8 Å². The number of ether oxygens (including phenoxy) is 1. The molecule has 2 atom stereocenters. The average Bonchev–Trinajstić information content (AvgIpc) is 3.23. The van der Waals surface area contributed by atoms with Gasteiger partial charge in [0.15, 0.2) is 0 Å². The van der Waals surface area contributed by atoms with Crippen molar-refractivity contribution in [3.63, 3.8) is 0 Å². The van der Waals surface area contributed by atoms with Crippen molar-refractivity contribution in [2.45, 2.75) is 32.2 Å². The molecular formula is C24H24N4O3. The van der Waals surface area contributed by atoms with Crippen molar-refractivity contribution < 1.29 is 9.15 Å². The molecule has 4 heterocycles. The van der Waals surface area contributed by atoms with Crippen LogP contribution in [0.4, 0.5) is 5.88 Å². The molecule has 2 aliphatic rings. The molecule has 2 aromatic heterocycles. The van der Waals surface area contributed by atoms with Gasteiger partial charge in [-0.15, -0.1) is 0 Å². The highest BCUT2D eigenvalue weighted by molar-refractivity contribution is 5.60. The molecule has 7 nitrogen and oxygen atoms in total. The van der Waals surface area contributed by atoms with Gasteiger partial charge in [0.05, 0.1) is 6.61 Å². The largest absolute Gasteiger partial charge is 0.494 e. The number of rotatable bonds is 5. The van der Waals surface area contributed by atoms with E-state index in [2.05, 4.69) is 22.9 Å². The van der Waals surface area contributed by atoms with Gasteiger partial charge in [0, 0.05) is 42.9 Å². The van der Waals surface area contributed by atoms with Crippen molar-refractivity contribution in [2.24, 2.45) is 5.92 Å². The molecule has 0 unspecified atom stereocenters. The predicted octanol–water partition coefficient (Wildman–Crippen LogP) is 3.79. The zero-order chi connectivity index (χ0) is 21.4. The van der Waals surface area contributed by atoms with Crippen LogP contribution in [0.25, 0.3) is 11.5 Å².